The van der Waals surface area contributed by atoms with Crippen molar-refractivity contribution in [2.45, 2.75) is 13.3 Å². The number of thiazole rings is 1. The molecule has 0 atom stereocenters. The minimum atomic E-state index is -0.356. The van der Waals surface area contributed by atoms with Crippen LogP contribution in [0.3, 0.4) is 0 Å². The van der Waals surface area contributed by atoms with Gasteiger partial charge in [-0.15, -0.1) is 11.3 Å². The molecule has 1 aliphatic rings. The lowest BCUT2D eigenvalue weighted by Crippen LogP contribution is -2.36. The van der Waals surface area contributed by atoms with Crippen molar-refractivity contribution in [3.05, 3.63) is 75.1 Å². The van der Waals surface area contributed by atoms with Crippen LogP contribution in [-0.4, -0.2) is 46.8 Å². The molecule has 1 saturated heterocycles. The molecule has 3 aromatic rings. The van der Waals surface area contributed by atoms with Crippen LogP contribution in [0.5, 0.6) is 11.5 Å². The topological polar surface area (TPSA) is 80.8 Å². The number of nitrogens with one attached hydrogen (secondary N) is 1. The number of aromatic nitrogens is 1. The third kappa shape index (κ3) is 6.08. The SMILES string of the molecule is COc1ccc(/C=C2\SC(=S)N(CC(=O)Nc3ncc(Cc4cccc(C)c4)s3)C2=O)cc1OC. The highest BCUT2D eigenvalue weighted by Crippen LogP contribution is 2.34. The fourth-order valence-electron chi connectivity index (χ4n) is 3.50. The second-order valence-corrected chi connectivity index (χ2v) is 10.5. The largest absolute Gasteiger partial charge is 0.493 e. The quantitative estimate of drug-likeness (QED) is 0.331. The molecule has 35 heavy (non-hydrogen) atoms. The van der Waals surface area contributed by atoms with E-state index in [4.69, 9.17) is 21.7 Å². The van der Waals surface area contributed by atoms with Crippen molar-refractivity contribution in [1.29, 1.82) is 0 Å². The average Bonchev–Trinajstić information content (AvgIpc) is 3.37. The molecule has 0 aliphatic carbocycles. The molecule has 0 spiro atoms. The fraction of sp³-hybridized carbons (Fsp3) is 0.200. The molecule has 4 rings (SSSR count). The number of benzene rings is 2. The first-order valence-corrected chi connectivity index (χ1v) is 12.7. The minimum absolute atomic E-state index is 0.180. The van der Waals surface area contributed by atoms with Crippen molar-refractivity contribution in [3.8, 4) is 11.5 Å². The van der Waals surface area contributed by atoms with Gasteiger partial charge in [0.2, 0.25) is 5.91 Å². The summed E-state index contributed by atoms with van der Waals surface area (Å²) in [6.45, 7) is 1.87. The fourth-order valence-corrected chi connectivity index (χ4v) is 5.62. The zero-order valence-corrected chi connectivity index (χ0v) is 21.8. The Morgan fingerprint density at radius 3 is 2.71 bits per heavy atom. The van der Waals surface area contributed by atoms with Crippen molar-refractivity contribution in [1.82, 2.24) is 9.88 Å². The Labute approximate surface area is 217 Å². The van der Waals surface area contributed by atoms with Crippen LogP contribution in [0.4, 0.5) is 5.13 Å². The third-order valence-electron chi connectivity index (χ3n) is 5.14. The molecule has 2 amide bonds. The van der Waals surface area contributed by atoms with Crippen molar-refractivity contribution >= 4 is 62.7 Å². The Kier molecular flexibility index (Phi) is 7.84. The highest BCUT2D eigenvalue weighted by Gasteiger charge is 2.33. The normalized spacial score (nSPS) is 14.5. The summed E-state index contributed by atoms with van der Waals surface area (Å²) in [5.41, 5.74) is 3.14. The molecular formula is C25H23N3O4S3. The van der Waals surface area contributed by atoms with Crippen LogP contribution in [0.1, 0.15) is 21.6 Å². The van der Waals surface area contributed by atoms with E-state index in [0.717, 1.165) is 28.6 Å². The summed E-state index contributed by atoms with van der Waals surface area (Å²) in [7, 11) is 3.11. The van der Waals surface area contributed by atoms with Gasteiger partial charge in [0.25, 0.3) is 5.91 Å². The lowest BCUT2D eigenvalue weighted by Gasteiger charge is -2.13. The number of thiocarbonyl (C=S) groups is 1. The van der Waals surface area contributed by atoms with Gasteiger partial charge >= 0.3 is 0 Å². The summed E-state index contributed by atoms with van der Waals surface area (Å²) < 4.78 is 10.9. The number of ether oxygens (including phenoxy) is 2. The lowest BCUT2D eigenvalue weighted by molar-refractivity contribution is -0.126. The van der Waals surface area contributed by atoms with Gasteiger partial charge in [-0.3, -0.25) is 14.5 Å². The first-order chi connectivity index (χ1) is 16.9. The van der Waals surface area contributed by atoms with Crippen LogP contribution in [0, 0.1) is 6.92 Å². The number of hydrogen-bond donors (Lipinski definition) is 1. The van der Waals surface area contributed by atoms with Gasteiger partial charge in [-0.1, -0.05) is 59.9 Å². The van der Waals surface area contributed by atoms with E-state index in [-0.39, 0.29) is 18.4 Å². The van der Waals surface area contributed by atoms with Gasteiger partial charge in [0.05, 0.1) is 19.1 Å². The maximum atomic E-state index is 12.9. The van der Waals surface area contributed by atoms with Crippen molar-refractivity contribution in [2.24, 2.45) is 0 Å². The summed E-state index contributed by atoms with van der Waals surface area (Å²) in [5.74, 6) is 0.480. The molecule has 2 heterocycles. The molecule has 0 saturated carbocycles. The molecule has 1 fully saturated rings. The standard InChI is InChI=1S/C25H23N3O4S3/c1-15-5-4-6-16(9-15)10-18-13-26-24(34-18)27-22(29)14-28-23(30)21(35-25(28)33)12-17-7-8-19(31-2)20(11-17)32-3/h4-9,11-13H,10,14H2,1-3H3,(H,26,27,29)/b21-12-. The molecule has 1 aromatic heterocycles. The van der Waals surface area contributed by atoms with E-state index < -0.39 is 0 Å². The number of methoxy groups -OCH3 is 2. The average molecular weight is 526 g/mol. The Hall–Kier alpha value is -3.21. The number of carbonyl (C=O) groups excluding carboxylic acids is 2. The number of anilines is 1. The molecule has 0 bridgehead atoms. The highest BCUT2D eigenvalue weighted by atomic mass is 32.2. The molecule has 10 heteroatoms. The third-order valence-corrected chi connectivity index (χ3v) is 7.43. The van der Waals surface area contributed by atoms with Crippen molar-refractivity contribution in [2.75, 3.05) is 26.1 Å². The molecule has 7 nitrogen and oxygen atoms in total. The van der Waals surface area contributed by atoms with Crippen LogP contribution in [0.2, 0.25) is 0 Å². The minimum Gasteiger partial charge on any atom is -0.493 e. The molecule has 1 N–H and O–H groups in total. The Morgan fingerprint density at radius 1 is 1.17 bits per heavy atom. The predicted molar refractivity (Wildman–Crippen MR) is 144 cm³/mol. The Balaban J connectivity index is 1.38. The van der Waals surface area contributed by atoms with E-state index in [1.165, 1.54) is 27.4 Å². The number of hydrogen-bond acceptors (Lipinski definition) is 8. The van der Waals surface area contributed by atoms with E-state index in [9.17, 15) is 9.59 Å². The number of thioether (sulfide) groups is 1. The molecule has 0 unspecified atom stereocenters. The second-order valence-electron chi connectivity index (χ2n) is 7.73. The second kappa shape index (κ2) is 11.0. The van der Waals surface area contributed by atoms with Crippen molar-refractivity contribution < 1.29 is 19.1 Å². The van der Waals surface area contributed by atoms with Gasteiger partial charge in [-0.25, -0.2) is 4.98 Å². The van der Waals surface area contributed by atoms with Crippen LogP contribution >= 0.6 is 35.3 Å². The van der Waals surface area contributed by atoms with Gasteiger partial charge in [0, 0.05) is 17.5 Å². The van der Waals surface area contributed by atoms with E-state index in [2.05, 4.69) is 35.4 Å². The van der Waals surface area contributed by atoms with E-state index in [1.807, 2.05) is 12.1 Å². The zero-order valence-electron chi connectivity index (χ0n) is 19.4. The number of aryl methyl sites for hydroxylation is 1. The first-order valence-electron chi connectivity index (χ1n) is 10.6. The van der Waals surface area contributed by atoms with Crippen LogP contribution in [0.15, 0.2) is 53.6 Å². The Morgan fingerprint density at radius 2 is 1.97 bits per heavy atom. The molecule has 0 radical (unpaired) electrons. The van der Waals surface area contributed by atoms with Gasteiger partial charge in [-0.05, 0) is 36.3 Å². The lowest BCUT2D eigenvalue weighted by atomic mass is 10.1. The summed E-state index contributed by atoms with van der Waals surface area (Å²) in [5, 5.41) is 3.27. The van der Waals surface area contributed by atoms with Gasteiger partial charge in [0.15, 0.2) is 16.6 Å². The molecular weight excluding hydrogens is 502 g/mol. The van der Waals surface area contributed by atoms with E-state index in [0.29, 0.717) is 25.9 Å². The number of carbonyl (C=O) groups is 2. The van der Waals surface area contributed by atoms with Gasteiger partial charge in [-0.2, -0.15) is 0 Å². The zero-order chi connectivity index (χ0) is 24.9. The molecule has 1 aliphatic heterocycles. The van der Waals surface area contributed by atoms with Crippen LogP contribution < -0.4 is 14.8 Å². The number of rotatable bonds is 8. The Bertz CT molecular complexity index is 1320. The molecule has 180 valence electrons. The molecule has 2 aromatic carbocycles. The smallest absolute Gasteiger partial charge is 0.266 e. The summed E-state index contributed by atoms with van der Waals surface area (Å²) >= 11 is 7.93. The van der Waals surface area contributed by atoms with E-state index >= 15 is 0 Å². The summed E-state index contributed by atoms with van der Waals surface area (Å²) in [4.78, 5) is 32.6. The first kappa shape index (κ1) is 24.9. The monoisotopic (exact) mass is 525 g/mol. The van der Waals surface area contributed by atoms with Crippen LogP contribution in [0.25, 0.3) is 6.08 Å². The predicted octanol–water partition coefficient (Wildman–Crippen LogP) is 4.90. The van der Waals surface area contributed by atoms with Gasteiger partial charge in [0.1, 0.15) is 10.9 Å². The number of amides is 2. The van der Waals surface area contributed by atoms with Crippen molar-refractivity contribution in [3.63, 3.8) is 0 Å². The summed E-state index contributed by atoms with van der Waals surface area (Å²) in [6, 6.07) is 13.6. The van der Waals surface area contributed by atoms with E-state index in [1.54, 1.807) is 38.6 Å². The maximum absolute atomic E-state index is 12.9. The van der Waals surface area contributed by atoms with Gasteiger partial charge < -0.3 is 14.8 Å². The summed E-state index contributed by atoms with van der Waals surface area (Å²) in [6.07, 6.45) is 4.22. The maximum Gasteiger partial charge on any atom is 0.266 e. The highest BCUT2D eigenvalue weighted by molar-refractivity contribution is 8.26. The van der Waals surface area contributed by atoms with Crippen LogP contribution in [-0.2, 0) is 16.0 Å². The number of nitrogens with zero attached hydrogens (tertiary/aromatic N) is 2.